The lowest BCUT2D eigenvalue weighted by atomic mass is 10.3. The van der Waals surface area contributed by atoms with Gasteiger partial charge in [-0.15, -0.1) is 0 Å². The van der Waals surface area contributed by atoms with E-state index in [0.717, 1.165) is 0 Å². The van der Waals surface area contributed by atoms with E-state index in [4.69, 9.17) is 9.47 Å². The van der Waals surface area contributed by atoms with Crippen LogP contribution in [-0.2, 0) is 9.53 Å². The van der Waals surface area contributed by atoms with Crippen LogP contribution in [0.1, 0.15) is 13.3 Å². The third-order valence-electron chi connectivity index (χ3n) is 1.97. The van der Waals surface area contributed by atoms with Crippen molar-refractivity contribution in [3.8, 4) is 5.75 Å². The van der Waals surface area contributed by atoms with E-state index in [1.54, 1.807) is 6.07 Å². The summed E-state index contributed by atoms with van der Waals surface area (Å²) in [6.07, 6.45) is 0.479. The van der Waals surface area contributed by atoms with Crippen LogP contribution in [0.2, 0.25) is 0 Å². The van der Waals surface area contributed by atoms with Gasteiger partial charge in [0.25, 0.3) is 0 Å². The molecule has 1 aromatic carbocycles. The number of nitro groups is 1. The average molecular weight is 318 g/mol. The van der Waals surface area contributed by atoms with Crippen molar-refractivity contribution in [2.45, 2.75) is 13.3 Å². The van der Waals surface area contributed by atoms with Gasteiger partial charge in [-0.1, -0.05) is 15.9 Å². The number of esters is 1. The van der Waals surface area contributed by atoms with Crippen molar-refractivity contribution in [1.29, 1.82) is 0 Å². The second kappa shape index (κ2) is 6.95. The standard InChI is InChI=1S/C11H12BrNO5/c1-8(14)17-5-2-6-18-11-4-3-9(12)7-10(11)13(15)16/h3-4,7H,2,5-6H2,1H3. The lowest BCUT2D eigenvalue weighted by molar-refractivity contribution is -0.385. The highest BCUT2D eigenvalue weighted by molar-refractivity contribution is 9.10. The van der Waals surface area contributed by atoms with Gasteiger partial charge in [-0.3, -0.25) is 14.9 Å². The molecule has 0 radical (unpaired) electrons. The predicted molar refractivity (Wildman–Crippen MR) is 67.5 cm³/mol. The van der Waals surface area contributed by atoms with Crippen LogP contribution in [0.15, 0.2) is 22.7 Å². The topological polar surface area (TPSA) is 78.7 Å². The highest BCUT2D eigenvalue weighted by atomic mass is 79.9. The lowest BCUT2D eigenvalue weighted by Crippen LogP contribution is -2.06. The van der Waals surface area contributed by atoms with Crippen molar-refractivity contribution < 1.29 is 19.2 Å². The van der Waals surface area contributed by atoms with Crippen molar-refractivity contribution >= 4 is 27.6 Å². The molecule has 0 bridgehead atoms. The molecule has 1 rings (SSSR count). The number of ether oxygens (including phenoxy) is 2. The van der Waals surface area contributed by atoms with Crippen molar-refractivity contribution in [3.05, 3.63) is 32.8 Å². The Labute approximate surface area is 112 Å². The van der Waals surface area contributed by atoms with Crippen LogP contribution in [0.4, 0.5) is 5.69 Å². The molecule has 1 aromatic rings. The van der Waals surface area contributed by atoms with Gasteiger partial charge in [0, 0.05) is 23.9 Å². The number of nitro benzene ring substituents is 1. The second-order valence-corrected chi connectivity index (χ2v) is 4.33. The van der Waals surface area contributed by atoms with Gasteiger partial charge in [0.1, 0.15) is 0 Å². The number of halogens is 1. The molecule has 0 saturated carbocycles. The van der Waals surface area contributed by atoms with Crippen LogP contribution < -0.4 is 4.74 Å². The molecule has 0 spiro atoms. The maximum absolute atomic E-state index is 10.8. The van der Waals surface area contributed by atoms with Crippen LogP contribution in [0, 0.1) is 10.1 Å². The molecule has 0 saturated heterocycles. The molecule has 0 aromatic heterocycles. The zero-order chi connectivity index (χ0) is 13.5. The number of nitrogens with zero attached hydrogens (tertiary/aromatic N) is 1. The molecule has 0 amide bonds. The summed E-state index contributed by atoms with van der Waals surface area (Å²) in [5.41, 5.74) is -0.100. The molecule has 0 aliphatic heterocycles. The Bertz CT molecular complexity index is 449. The molecule has 18 heavy (non-hydrogen) atoms. The fraction of sp³-hybridized carbons (Fsp3) is 0.364. The molecule has 6 nitrogen and oxygen atoms in total. The van der Waals surface area contributed by atoms with Crippen molar-refractivity contribution in [2.24, 2.45) is 0 Å². The summed E-state index contributed by atoms with van der Waals surface area (Å²) in [7, 11) is 0. The van der Waals surface area contributed by atoms with Gasteiger partial charge in [0.05, 0.1) is 18.1 Å². The fourth-order valence-electron chi connectivity index (χ4n) is 1.21. The summed E-state index contributed by atoms with van der Waals surface area (Å²) < 4.78 is 10.6. The first-order valence-electron chi connectivity index (χ1n) is 5.21. The fourth-order valence-corrected chi connectivity index (χ4v) is 1.56. The third kappa shape index (κ3) is 4.70. The summed E-state index contributed by atoms with van der Waals surface area (Å²) in [4.78, 5) is 20.8. The largest absolute Gasteiger partial charge is 0.487 e. The Hall–Kier alpha value is -1.63. The lowest BCUT2D eigenvalue weighted by Gasteiger charge is -2.07. The van der Waals surface area contributed by atoms with Crippen LogP contribution >= 0.6 is 15.9 Å². The maximum atomic E-state index is 10.8. The number of hydrogen-bond acceptors (Lipinski definition) is 5. The van der Waals surface area contributed by atoms with Crippen molar-refractivity contribution in [3.63, 3.8) is 0 Å². The van der Waals surface area contributed by atoms with E-state index >= 15 is 0 Å². The Morgan fingerprint density at radius 1 is 1.44 bits per heavy atom. The van der Waals surface area contributed by atoms with Gasteiger partial charge in [0.15, 0.2) is 5.75 Å². The van der Waals surface area contributed by atoms with E-state index in [-0.39, 0.29) is 30.6 Å². The van der Waals surface area contributed by atoms with Gasteiger partial charge in [-0.2, -0.15) is 0 Å². The molecular formula is C11H12BrNO5. The van der Waals surface area contributed by atoms with Crippen LogP contribution in [0.25, 0.3) is 0 Å². The molecular weight excluding hydrogens is 306 g/mol. The molecule has 0 N–H and O–H groups in total. The first-order valence-corrected chi connectivity index (χ1v) is 6.00. The molecule has 0 heterocycles. The molecule has 98 valence electrons. The summed E-state index contributed by atoms with van der Waals surface area (Å²) >= 11 is 3.16. The van der Waals surface area contributed by atoms with Gasteiger partial charge >= 0.3 is 11.7 Å². The number of carbonyl (C=O) groups is 1. The Kier molecular flexibility index (Phi) is 5.57. The number of carbonyl (C=O) groups excluding carboxylic acids is 1. The highest BCUT2D eigenvalue weighted by Crippen LogP contribution is 2.30. The predicted octanol–water partition coefficient (Wildman–Crippen LogP) is 2.69. The van der Waals surface area contributed by atoms with Crippen LogP contribution in [0.5, 0.6) is 5.75 Å². The minimum absolute atomic E-state index is 0.100. The minimum Gasteiger partial charge on any atom is -0.487 e. The summed E-state index contributed by atoms with van der Waals surface area (Å²) in [6.45, 7) is 1.80. The van der Waals surface area contributed by atoms with Gasteiger partial charge in [-0.05, 0) is 12.1 Å². The minimum atomic E-state index is -0.508. The zero-order valence-electron chi connectivity index (χ0n) is 9.72. The van der Waals surface area contributed by atoms with E-state index in [0.29, 0.717) is 10.9 Å². The van der Waals surface area contributed by atoms with E-state index in [9.17, 15) is 14.9 Å². The average Bonchev–Trinajstić information content (AvgIpc) is 2.29. The van der Waals surface area contributed by atoms with Gasteiger partial charge in [0.2, 0.25) is 0 Å². The van der Waals surface area contributed by atoms with Gasteiger partial charge in [-0.25, -0.2) is 0 Å². The molecule has 0 fully saturated rings. The summed E-state index contributed by atoms with van der Waals surface area (Å²) in [6, 6.07) is 4.56. The number of hydrogen-bond donors (Lipinski definition) is 0. The molecule has 0 atom stereocenters. The highest BCUT2D eigenvalue weighted by Gasteiger charge is 2.15. The zero-order valence-corrected chi connectivity index (χ0v) is 11.3. The Balaban J connectivity index is 2.51. The third-order valence-corrected chi connectivity index (χ3v) is 2.46. The SMILES string of the molecule is CC(=O)OCCCOc1ccc(Br)cc1[N+](=O)[O-]. The first-order chi connectivity index (χ1) is 8.50. The quantitative estimate of drug-likeness (QED) is 0.349. The first kappa shape index (κ1) is 14.4. The van der Waals surface area contributed by atoms with Crippen molar-refractivity contribution in [1.82, 2.24) is 0 Å². The van der Waals surface area contributed by atoms with Crippen LogP contribution in [-0.4, -0.2) is 24.1 Å². The smallest absolute Gasteiger partial charge is 0.312 e. The monoisotopic (exact) mass is 317 g/mol. The molecule has 0 aliphatic carbocycles. The molecule has 7 heteroatoms. The van der Waals surface area contributed by atoms with Crippen molar-refractivity contribution in [2.75, 3.05) is 13.2 Å². The van der Waals surface area contributed by atoms with Gasteiger partial charge < -0.3 is 9.47 Å². The van der Waals surface area contributed by atoms with E-state index in [1.807, 2.05) is 0 Å². The summed E-state index contributed by atoms with van der Waals surface area (Å²) in [5, 5.41) is 10.8. The van der Waals surface area contributed by atoms with E-state index in [2.05, 4.69) is 15.9 Å². The Morgan fingerprint density at radius 3 is 2.78 bits per heavy atom. The molecule has 0 unspecified atom stereocenters. The Morgan fingerprint density at radius 2 is 2.17 bits per heavy atom. The number of rotatable bonds is 6. The second-order valence-electron chi connectivity index (χ2n) is 3.41. The van der Waals surface area contributed by atoms with Crippen LogP contribution in [0.3, 0.4) is 0 Å². The number of benzene rings is 1. The molecule has 0 aliphatic rings. The van der Waals surface area contributed by atoms with E-state index < -0.39 is 4.92 Å². The summed E-state index contributed by atoms with van der Waals surface area (Å²) in [5.74, 6) is -0.157. The normalized spacial score (nSPS) is 9.89. The van der Waals surface area contributed by atoms with E-state index in [1.165, 1.54) is 19.1 Å². The maximum Gasteiger partial charge on any atom is 0.312 e.